The van der Waals surface area contributed by atoms with Crippen LogP contribution in [0.1, 0.15) is 5.56 Å². The summed E-state index contributed by atoms with van der Waals surface area (Å²) < 4.78 is 34.8. The van der Waals surface area contributed by atoms with Gasteiger partial charge in [0.1, 0.15) is 0 Å². The van der Waals surface area contributed by atoms with E-state index in [0.717, 1.165) is 21.5 Å². The number of alkyl halides is 2. The van der Waals surface area contributed by atoms with Gasteiger partial charge in [-0.3, -0.25) is 4.79 Å². The maximum atomic E-state index is 13.0. The fourth-order valence-electron chi connectivity index (χ4n) is 2.76. The molecular formula is C19H14F2N2O3S. The molecule has 0 saturated heterocycles. The van der Waals surface area contributed by atoms with Crippen molar-refractivity contribution in [3.63, 3.8) is 0 Å². The molecule has 1 aromatic heterocycles. The number of thioether (sulfide) groups is 1. The Balaban J connectivity index is 1.41. The number of halogens is 2. The van der Waals surface area contributed by atoms with E-state index in [1.165, 1.54) is 30.0 Å². The van der Waals surface area contributed by atoms with Crippen LogP contribution in [-0.4, -0.2) is 22.9 Å². The van der Waals surface area contributed by atoms with Crippen LogP contribution in [-0.2, 0) is 4.79 Å². The number of hydrogen-bond acceptors (Lipinski definition) is 5. The number of aryl methyl sites for hydroxylation is 1. The fourth-order valence-corrected chi connectivity index (χ4v) is 3.53. The number of nitrogens with one attached hydrogen (secondary N) is 1. The number of anilines is 1. The smallest absolute Gasteiger partial charge is 0.395 e. The van der Waals surface area contributed by atoms with Gasteiger partial charge >= 0.3 is 6.29 Å². The van der Waals surface area contributed by atoms with Gasteiger partial charge in [0.15, 0.2) is 11.5 Å². The Labute approximate surface area is 157 Å². The van der Waals surface area contributed by atoms with Gasteiger partial charge in [-0.2, -0.15) is 0 Å². The molecule has 1 aliphatic rings. The lowest BCUT2D eigenvalue weighted by molar-refractivity contribution is -0.286. The highest BCUT2D eigenvalue weighted by molar-refractivity contribution is 7.99. The van der Waals surface area contributed by atoms with Crippen molar-refractivity contribution in [1.82, 2.24) is 4.98 Å². The molecule has 1 amide bonds. The van der Waals surface area contributed by atoms with Crippen molar-refractivity contribution in [2.24, 2.45) is 0 Å². The molecule has 8 heteroatoms. The van der Waals surface area contributed by atoms with E-state index in [0.29, 0.717) is 5.69 Å². The summed E-state index contributed by atoms with van der Waals surface area (Å²) in [6.45, 7) is 2.00. The van der Waals surface area contributed by atoms with Crippen LogP contribution in [0.5, 0.6) is 11.5 Å². The van der Waals surface area contributed by atoms with Gasteiger partial charge in [0.25, 0.3) is 0 Å². The molecule has 0 bridgehead atoms. The number of ether oxygens (including phenoxy) is 2. The minimum Gasteiger partial charge on any atom is -0.395 e. The Morgan fingerprint density at radius 2 is 1.93 bits per heavy atom. The summed E-state index contributed by atoms with van der Waals surface area (Å²) in [5.74, 6) is -0.325. The van der Waals surface area contributed by atoms with Crippen molar-refractivity contribution in [1.29, 1.82) is 0 Å². The topological polar surface area (TPSA) is 60.5 Å². The first kappa shape index (κ1) is 17.5. The Kier molecular flexibility index (Phi) is 4.35. The second-order valence-electron chi connectivity index (χ2n) is 5.96. The maximum absolute atomic E-state index is 13.0. The summed E-state index contributed by atoms with van der Waals surface area (Å²) in [4.78, 5) is 16.7. The lowest BCUT2D eigenvalue weighted by Gasteiger charge is -2.07. The van der Waals surface area contributed by atoms with Gasteiger partial charge in [0.2, 0.25) is 5.91 Å². The van der Waals surface area contributed by atoms with Crippen molar-refractivity contribution in [2.75, 3.05) is 11.1 Å². The summed E-state index contributed by atoms with van der Waals surface area (Å²) in [7, 11) is 0. The van der Waals surface area contributed by atoms with Gasteiger partial charge < -0.3 is 14.8 Å². The molecule has 0 saturated carbocycles. The van der Waals surface area contributed by atoms with E-state index in [9.17, 15) is 13.6 Å². The average Bonchev–Trinajstić information content (AvgIpc) is 2.93. The van der Waals surface area contributed by atoms with Crippen molar-refractivity contribution < 1.29 is 23.0 Å². The molecule has 0 unspecified atom stereocenters. The van der Waals surface area contributed by atoms with E-state index in [2.05, 4.69) is 19.8 Å². The van der Waals surface area contributed by atoms with Gasteiger partial charge in [0.05, 0.1) is 16.3 Å². The van der Waals surface area contributed by atoms with Gasteiger partial charge in [-0.05, 0) is 36.8 Å². The van der Waals surface area contributed by atoms with E-state index in [1.807, 2.05) is 37.3 Å². The van der Waals surface area contributed by atoms with Gasteiger partial charge in [-0.25, -0.2) is 4.98 Å². The number of nitrogens with zero attached hydrogens (tertiary/aromatic N) is 1. The fraction of sp³-hybridized carbons (Fsp3) is 0.158. The number of carbonyl (C=O) groups is 1. The second kappa shape index (κ2) is 6.70. The van der Waals surface area contributed by atoms with Crippen molar-refractivity contribution in [3.05, 3.63) is 54.1 Å². The lowest BCUT2D eigenvalue weighted by atomic mass is 10.1. The van der Waals surface area contributed by atoms with Crippen LogP contribution >= 0.6 is 11.8 Å². The maximum Gasteiger partial charge on any atom is 0.586 e. The molecule has 138 valence electrons. The number of aromatic nitrogens is 1. The van der Waals surface area contributed by atoms with Crippen LogP contribution < -0.4 is 14.8 Å². The van der Waals surface area contributed by atoms with E-state index in [-0.39, 0.29) is 23.2 Å². The molecule has 1 N–H and O–H groups in total. The summed E-state index contributed by atoms with van der Waals surface area (Å²) >= 11 is 1.30. The van der Waals surface area contributed by atoms with Crippen LogP contribution in [0.25, 0.3) is 10.9 Å². The number of para-hydroxylation sites is 1. The highest BCUT2D eigenvalue weighted by Gasteiger charge is 2.43. The Bertz CT molecular complexity index is 1040. The molecule has 0 radical (unpaired) electrons. The second-order valence-corrected chi connectivity index (χ2v) is 6.96. The van der Waals surface area contributed by atoms with Crippen LogP contribution in [0.15, 0.2) is 53.6 Å². The largest absolute Gasteiger partial charge is 0.586 e. The predicted octanol–water partition coefficient (Wildman–Crippen LogP) is 4.60. The highest BCUT2D eigenvalue weighted by atomic mass is 32.2. The first-order valence-corrected chi connectivity index (χ1v) is 9.07. The monoisotopic (exact) mass is 388 g/mol. The molecule has 0 spiro atoms. The zero-order chi connectivity index (χ0) is 19.0. The number of amides is 1. The van der Waals surface area contributed by atoms with Crippen molar-refractivity contribution in [2.45, 2.75) is 18.2 Å². The molecule has 0 aliphatic carbocycles. The van der Waals surface area contributed by atoms with Crippen molar-refractivity contribution >= 4 is 34.3 Å². The number of fused-ring (bicyclic) bond motifs is 2. The first-order valence-electron chi connectivity index (χ1n) is 8.08. The quantitative estimate of drug-likeness (QED) is 0.662. The predicted molar refractivity (Wildman–Crippen MR) is 98.5 cm³/mol. The van der Waals surface area contributed by atoms with E-state index in [4.69, 9.17) is 0 Å². The molecule has 2 aromatic carbocycles. The van der Waals surface area contributed by atoms with Crippen LogP contribution in [0.3, 0.4) is 0 Å². The number of carbonyl (C=O) groups excluding carboxylic acids is 1. The highest BCUT2D eigenvalue weighted by Crippen LogP contribution is 2.42. The molecule has 5 nitrogen and oxygen atoms in total. The SMILES string of the molecule is Cc1cc(SCC(=O)Nc2ccc3c(c2)OC(F)(F)O3)nc2ccccc12. The van der Waals surface area contributed by atoms with E-state index < -0.39 is 6.29 Å². The molecule has 0 fully saturated rings. The third-order valence-corrected chi connectivity index (χ3v) is 4.85. The molecule has 0 atom stereocenters. The van der Waals surface area contributed by atoms with Gasteiger partial charge in [0, 0.05) is 17.1 Å². The van der Waals surface area contributed by atoms with Crippen molar-refractivity contribution in [3.8, 4) is 11.5 Å². The Morgan fingerprint density at radius 1 is 1.15 bits per heavy atom. The van der Waals surface area contributed by atoms with Gasteiger partial charge in [-0.15, -0.1) is 8.78 Å². The minimum atomic E-state index is -3.68. The Morgan fingerprint density at radius 3 is 2.78 bits per heavy atom. The molecule has 2 heterocycles. The van der Waals surface area contributed by atoms with Gasteiger partial charge in [-0.1, -0.05) is 30.0 Å². The third kappa shape index (κ3) is 3.80. The number of pyridine rings is 1. The third-order valence-electron chi connectivity index (χ3n) is 3.94. The number of benzene rings is 2. The summed E-state index contributed by atoms with van der Waals surface area (Å²) in [5, 5.41) is 4.47. The Hall–Kier alpha value is -2.87. The summed E-state index contributed by atoms with van der Waals surface area (Å²) in [6, 6.07) is 13.8. The molecular weight excluding hydrogens is 374 g/mol. The van der Waals surface area contributed by atoms with Crippen LogP contribution in [0.4, 0.5) is 14.5 Å². The van der Waals surface area contributed by atoms with Crippen LogP contribution in [0, 0.1) is 6.92 Å². The van der Waals surface area contributed by atoms with Crippen LogP contribution in [0.2, 0.25) is 0 Å². The molecule has 4 rings (SSSR count). The number of hydrogen-bond donors (Lipinski definition) is 1. The summed E-state index contributed by atoms with van der Waals surface area (Å²) in [5.41, 5.74) is 2.31. The van der Waals surface area contributed by atoms with E-state index >= 15 is 0 Å². The molecule has 3 aromatic rings. The minimum absolute atomic E-state index is 0.0665. The number of rotatable bonds is 4. The normalized spacial score (nSPS) is 14.3. The summed E-state index contributed by atoms with van der Waals surface area (Å²) in [6.07, 6.45) is -3.68. The zero-order valence-electron chi connectivity index (χ0n) is 14.2. The molecule has 27 heavy (non-hydrogen) atoms. The molecule has 1 aliphatic heterocycles. The van der Waals surface area contributed by atoms with E-state index in [1.54, 1.807) is 0 Å². The first-order chi connectivity index (χ1) is 12.9. The zero-order valence-corrected chi connectivity index (χ0v) is 15.0. The standard InChI is InChI=1S/C19H14F2N2O3S/c1-11-8-18(23-14-5-3-2-4-13(11)14)27-10-17(24)22-12-6-7-15-16(9-12)26-19(20,21)25-15/h2-9H,10H2,1H3,(H,22,24). The lowest BCUT2D eigenvalue weighted by Crippen LogP contribution is -2.25. The average molecular weight is 388 g/mol.